The maximum Gasteiger partial charge on any atom is 0.228 e. The van der Waals surface area contributed by atoms with Gasteiger partial charge in [0.15, 0.2) is 5.78 Å². The van der Waals surface area contributed by atoms with Gasteiger partial charge in [-0.25, -0.2) is 0 Å². The van der Waals surface area contributed by atoms with Crippen LogP contribution in [0.1, 0.15) is 32.3 Å². The molecule has 1 aliphatic rings. The number of aliphatic hydroxyl groups is 1. The molecule has 2 aromatic rings. The van der Waals surface area contributed by atoms with Gasteiger partial charge in [0.1, 0.15) is 5.76 Å². The van der Waals surface area contributed by atoms with Crippen LogP contribution in [0.5, 0.6) is 0 Å². The molecule has 0 saturated heterocycles. The zero-order chi connectivity index (χ0) is 20.1. The molecule has 1 amide bonds. The Balaban J connectivity index is 1.69. The summed E-state index contributed by atoms with van der Waals surface area (Å²) in [5.41, 5.74) is 2.19. The van der Waals surface area contributed by atoms with Gasteiger partial charge in [0, 0.05) is 24.7 Å². The van der Waals surface area contributed by atoms with Crippen molar-refractivity contribution in [3.8, 4) is 0 Å². The van der Waals surface area contributed by atoms with E-state index >= 15 is 0 Å². The largest absolute Gasteiger partial charge is 0.511 e. The van der Waals surface area contributed by atoms with Gasteiger partial charge < -0.3 is 10.4 Å². The first kappa shape index (κ1) is 19.5. The Morgan fingerprint density at radius 2 is 1.89 bits per heavy atom. The first-order chi connectivity index (χ1) is 13.3. The van der Waals surface area contributed by atoms with Gasteiger partial charge in [0.2, 0.25) is 5.91 Å². The SMILES string of the molecule is CC1(C)CC(=O)C(C=Nc2cccc(NC(=O)Cc3ccccc3)c2)=C(O)C1. The summed E-state index contributed by atoms with van der Waals surface area (Å²) < 4.78 is 0. The van der Waals surface area contributed by atoms with Crippen LogP contribution in [-0.4, -0.2) is 23.0 Å². The zero-order valence-electron chi connectivity index (χ0n) is 16.1. The van der Waals surface area contributed by atoms with Crippen molar-refractivity contribution in [1.82, 2.24) is 0 Å². The number of carbonyl (C=O) groups is 2. The molecule has 0 spiro atoms. The third kappa shape index (κ3) is 5.16. The summed E-state index contributed by atoms with van der Waals surface area (Å²) in [4.78, 5) is 28.8. The molecule has 5 heteroatoms. The van der Waals surface area contributed by atoms with Gasteiger partial charge in [-0.15, -0.1) is 0 Å². The summed E-state index contributed by atoms with van der Waals surface area (Å²) >= 11 is 0. The Kier molecular flexibility index (Phi) is 5.73. The van der Waals surface area contributed by atoms with E-state index in [1.807, 2.05) is 44.2 Å². The number of aliphatic imine (C=N–C) groups is 1. The Labute approximate surface area is 164 Å². The average Bonchev–Trinajstić information content (AvgIpc) is 2.61. The Bertz CT molecular complexity index is 943. The monoisotopic (exact) mass is 376 g/mol. The van der Waals surface area contributed by atoms with Crippen molar-refractivity contribution in [2.75, 3.05) is 5.32 Å². The number of allylic oxidation sites excluding steroid dienone is 2. The van der Waals surface area contributed by atoms with Crippen LogP contribution in [0.15, 0.2) is 70.9 Å². The number of hydrogen-bond acceptors (Lipinski definition) is 4. The number of ketones is 1. The molecule has 0 aromatic heterocycles. The molecular formula is C23H24N2O3. The summed E-state index contributed by atoms with van der Waals surface area (Å²) in [6.07, 6.45) is 2.54. The summed E-state index contributed by atoms with van der Waals surface area (Å²) in [7, 11) is 0. The molecule has 0 radical (unpaired) electrons. The zero-order valence-corrected chi connectivity index (χ0v) is 16.1. The predicted molar refractivity (Wildman–Crippen MR) is 111 cm³/mol. The standard InChI is InChI=1S/C23H24N2O3/c1-23(2)13-20(26)19(21(27)14-23)15-24-17-9-6-10-18(12-17)25-22(28)11-16-7-4-3-5-8-16/h3-10,12,15,26H,11,13-14H2,1-2H3,(H,25,28). The highest BCUT2D eigenvalue weighted by molar-refractivity contribution is 6.15. The van der Waals surface area contributed by atoms with Crippen molar-refractivity contribution in [2.24, 2.45) is 10.4 Å². The number of hydrogen-bond donors (Lipinski definition) is 2. The molecule has 28 heavy (non-hydrogen) atoms. The van der Waals surface area contributed by atoms with E-state index in [-0.39, 0.29) is 28.4 Å². The fourth-order valence-corrected chi connectivity index (χ4v) is 3.24. The minimum atomic E-state index is -0.235. The topological polar surface area (TPSA) is 78.8 Å². The van der Waals surface area contributed by atoms with Crippen molar-refractivity contribution >= 4 is 29.3 Å². The first-order valence-electron chi connectivity index (χ1n) is 9.26. The highest BCUT2D eigenvalue weighted by Gasteiger charge is 2.32. The van der Waals surface area contributed by atoms with E-state index in [4.69, 9.17) is 0 Å². The lowest BCUT2D eigenvalue weighted by Crippen LogP contribution is -2.26. The minimum Gasteiger partial charge on any atom is -0.511 e. The quantitative estimate of drug-likeness (QED) is 0.738. The van der Waals surface area contributed by atoms with Crippen LogP contribution >= 0.6 is 0 Å². The summed E-state index contributed by atoms with van der Waals surface area (Å²) in [5, 5.41) is 13.0. The van der Waals surface area contributed by atoms with E-state index in [0.717, 1.165) is 5.56 Å². The van der Waals surface area contributed by atoms with Gasteiger partial charge in [-0.05, 0) is 29.2 Å². The molecule has 0 fully saturated rings. The number of rotatable bonds is 5. The molecule has 0 saturated carbocycles. The van der Waals surface area contributed by atoms with Gasteiger partial charge in [-0.2, -0.15) is 0 Å². The van der Waals surface area contributed by atoms with Crippen molar-refractivity contribution in [3.63, 3.8) is 0 Å². The highest BCUT2D eigenvalue weighted by Crippen LogP contribution is 2.35. The van der Waals surface area contributed by atoms with Crippen LogP contribution in [-0.2, 0) is 16.0 Å². The lowest BCUT2D eigenvalue weighted by molar-refractivity contribution is -0.118. The van der Waals surface area contributed by atoms with E-state index in [1.54, 1.807) is 24.3 Å². The Morgan fingerprint density at radius 1 is 1.14 bits per heavy atom. The van der Waals surface area contributed by atoms with Crippen LogP contribution in [0.3, 0.4) is 0 Å². The van der Waals surface area contributed by atoms with Gasteiger partial charge >= 0.3 is 0 Å². The van der Waals surface area contributed by atoms with Crippen LogP contribution in [0.2, 0.25) is 0 Å². The molecule has 0 aliphatic heterocycles. The van der Waals surface area contributed by atoms with Gasteiger partial charge in [0.05, 0.1) is 17.7 Å². The van der Waals surface area contributed by atoms with Crippen LogP contribution in [0.25, 0.3) is 0 Å². The second kappa shape index (κ2) is 8.21. The molecule has 2 aromatic carbocycles. The van der Waals surface area contributed by atoms with E-state index < -0.39 is 0 Å². The van der Waals surface area contributed by atoms with E-state index in [9.17, 15) is 14.7 Å². The van der Waals surface area contributed by atoms with Crippen molar-refractivity contribution in [3.05, 3.63) is 71.5 Å². The maximum atomic E-state index is 12.3. The first-order valence-corrected chi connectivity index (χ1v) is 9.26. The number of anilines is 1. The van der Waals surface area contributed by atoms with E-state index in [2.05, 4.69) is 10.3 Å². The Hall–Kier alpha value is -3.21. The van der Waals surface area contributed by atoms with E-state index in [0.29, 0.717) is 30.6 Å². The fourth-order valence-electron chi connectivity index (χ4n) is 3.24. The number of aliphatic hydroxyl groups excluding tert-OH is 1. The molecule has 3 rings (SSSR count). The van der Waals surface area contributed by atoms with Gasteiger partial charge in [-0.3, -0.25) is 14.6 Å². The molecule has 0 atom stereocenters. The lowest BCUT2D eigenvalue weighted by Gasteiger charge is -2.28. The lowest BCUT2D eigenvalue weighted by atomic mass is 9.77. The van der Waals surface area contributed by atoms with Crippen molar-refractivity contribution in [1.29, 1.82) is 0 Å². The molecule has 144 valence electrons. The van der Waals surface area contributed by atoms with Crippen molar-refractivity contribution < 1.29 is 14.7 Å². The molecule has 1 aliphatic carbocycles. The molecule has 5 nitrogen and oxygen atoms in total. The number of nitrogens with one attached hydrogen (secondary N) is 1. The number of amides is 1. The number of Topliss-reactive ketones (excluding diaryl/α,β-unsaturated/α-hetero) is 1. The highest BCUT2D eigenvalue weighted by atomic mass is 16.3. The van der Waals surface area contributed by atoms with Crippen LogP contribution in [0, 0.1) is 5.41 Å². The van der Waals surface area contributed by atoms with Gasteiger partial charge in [0.25, 0.3) is 0 Å². The average molecular weight is 376 g/mol. The summed E-state index contributed by atoms with van der Waals surface area (Å²) in [6, 6.07) is 16.6. The molecular weight excluding hydrogens is 352 g/mol. The van der Waals surface area contributed by atoms with Crippen LogP contribution < -0.4 is 5.32 Å². The number of benzene rings is 2. The second-order valence-corrected chi connectivity index (χ2v) is 7.82. The second-order valence-electron chi connectivity index (χ2n) is 7.82. The smallest absolute Gasteiger partial charge is 0.228 e. The maximum absolute atomic E-state index is 12.3. The number of carbonyl (C=O) groups excluding carboxylic acids is 2. The normalized spacial score (nSPS) is 16.4. The van der Waals surface area contributed by atoms with Gasteiger partial charge in [-0.1, -0.05) is 50.2 Å². The third-order valence-corrected chi connectivity index (χ3v) is 4.58. The van der Waals surface area contributed by atoms with Crippen molar-refractivity contribution in [2.45, 2.75) is 33.1 Å². The third-order valence-electron chi connectivity index (χ3n) is 4.58. The predicted octanol–water partition coefficient (Wildman–Crippen LogP) is 4.77. The van der Waals surface area contributed by atoms with Crippen LogP contribution in [0.4, 0.5) is 11.4 Å². The molecule has 2 N–H and O–H groups in total. The molecule has 0 bridgehead atoms. The molecule has 0 unspecified atom stereocenters. The minimum absolute atomic E-state index is 0.0809. The number of nitrogens with zero attached hydrogens (tertiary/aromatic N) is 1. The summed E-state index contributed by atoms with van der Waals surface area (Å²) in [6.45, 7) is 3.91. The summed E-state index contributed by atoms with van der Waals surface area (Å²) in [5.74, 6) is -0.139. The molecule has 0 heterocycles. The fraction of sp³-hybridized carbons (Fsp3) is 0.261. The van der Waals surface area contributed by atoms with E-state index in [1.165, 1.54) is 6.21 Å². The Morgan fingerprint density at radius 3 is 2.61 bits per heavy atom.